The summed E-state index contributed by atoms with van der Waals surface area (Å²) in [5.74, 6) is -2.03. The zero-order chi connectivity index (χ0) is 24.1. The molecule has 2 N–H and O–H groups in total. The predicted molar refractivity (Wildman–Crippen MR) is 131 cm³/mol. The maximum Gasteiger partial charge on any atom is 0.419 e. The fourth-order valence-corrected chi connectivity index (χ4v) is 4.55. The molecule has 0 aliphatic heterocycles. The lowest BCUT2D eigenvalue weighted by atomic mass is 9.83. The van der Waals surface area contributed by atoms with Crippen LogP contribution in [0.25, 0.3) is 32.6 Å². The minimum absolute atomic E-state index is 0.234. The first-order chi connectivity index (χ1) is 17.0. The molecule has 4 aromatic carbocycles. The quantitative estimate of drug-likeness (QED) is 0.385. The van der Waals surface area contributed by atoms with Crippen LogP contribution >= 0.6 is 0 Å². The van der Waals surface area contributed by atoms with E-state index in [4.69, 9.17) is 8.83 Å². The van der Waals surface area contributed by atoms with E-state index in [0.717, 1.165) is 27.5 Å². The first-order valence-electron chi connectivity index (χ1n) is 10.8. The number of aromatic amines is 2. The lowest BCUT2D eigenvalue weighted by molar-refractivity contribution is 0.460. The van der Waals surface area contributed by atoms with Crippen LogP contribution in [0, 0.1) is 0 Å². The van der Waals surface area contributed by atoms with Gasteiger partial charge in [0.25, 0.3) is 0 Å². The van der Waals surface area contributed by atoms with Crippen molar-refractivity contribution in [2.24, 2.45) is 0 Å². The van der Waals surface area contributed by atoms with Gasteiger partial charge in [0.1, 0.15) is 0 Å². The second-order valence-electron chi connectivity index (χ2n) is 8.25. The number of benzene rings is 4. The summed E-state index contributed by atoms with van der Waals surface area (Å²) in [5.41, 5.74) is 1.68. The van der Waals surface area contributed by atoms with E-state index >= 15 is 0 Å². The van der Waals surface area contributed by atoms with Crippen LogP contribution in [0.15, 0.2) is 107 Å². The van der Waals surface area contributed by atoms with E-state index in [0.29, 0.717) is 11.0 Å². The fraction of sp³-hybridized carbons (Fsp3) is 0.0370. The number of aromatic nitrogens is 2. The monoisotopic (exact) mass is 464 g/mol. The summed E-state index contributed by atoms with van der Waals surface area (Å²) in [7, 11) is 0. The molecule has 6 rings (SSSR count). The van der Waals surface area contributed by atoms with Crippen LogP contribution in [-0.4, -0.2) is 9.97 Å². The Morgan fingerprint density at radius 1 is 0.543 bits per heavy atom. The van der Waals surface area contributed by atoms with Crippen LogP contribution < -0.4 is 22.8 Å². The number of fused-ring (bicyclic) bond motifs is 3. The van der Waals surface area contributed by atoms with Gasteiger partial charge in [-0.05, 0) is 51.7 Å². The van der Waals surface area contributed by atoms with E-state index in [2.05, 4.69) is 16.0 Å². The number of hydrogen-bond acceptors (Lipinski definition) is 6. The van der Waals surface area contributed by atoms with Crippen molar-refractivity contribution in [2.45, 2.75) is 5.92 Å². The Bertz CT molecular complexity index is 1900. The van der Waals surface area contributed by atoms with Gasteiger partial charge in [-0.15, -0.1) is 0 Å². The molecule has 0 saturated carbocycles. The zero-order valence-electron chi connectivity index (χ0n) is 18.0. The molecule has 0 saturated heterocycles. The van der Waals surface area contributed by atoms with Gasteiger partial charge in [-0.1, -0.05) is 54.6 Å². The minimum Gasteiger partial charge on any atom is -0.372 e. The normalized spacial score (nSPS) is 11.6. The van der Waals surface area contributed by atoms with Crippen molar-refractivity contribution in [2.75, 3.05) is 0 Å². The summed E-state index contributed by atoms with van der Waals surface area (Å²) in [6.45, 7) is 0. The van der Waals surface area contributed by atoms with Crippen LogP contribution in [0.5, 0.6) is 0 Å². The van der Waals surface area contributed by atoms with E-state index in [1.54, 1.807) is 24.3 Å². The van der Waals surface area contributed by atoms with Crippen molar-refractivity contribution in [3.05, 3.63) is 137 Å². The SMILES string of the molecule is O=c1[nH]c2ccc(C(c3ccc4ccccc4c3)c3ccc4[nH]c(=O)oc(=O)c4c3)cc2c(=O)o1. The number of rotatable bonds is 3. The molecule has 8 nitrogen and oxygen atoms in total. The summed E-state index contributed by atoms with van der Waals surface area (Å²) in [4.78, 5) is 53.0. The molecule has 0 aliphatic carbocycles. The van der Waals surface area contributed by atoms with E-state index in [-0.39, 0.29) is 16.7 Å². The topological polar surface area (TPSA) is 126 Å². The molecular formula is C27H16N2O6. The predicted octanol–water partition coefficient (Wildman–Crippen LogP) is 3.61. The van der Waals surface area contributed by atoms with Crippen molar-refractivity contribution in [1.82, 2.24) is 9.97 Å². The van der Waals surface area contributed by atoms with E-state index < -0.39 is 22.8 Å². The molecule has 2 aromatic heterocycles. The largest absolute Gasteiger partial charge is 0.419 e. The Kier molecular flexibility index (Phi) is 4.60. The lowest BCUT2D eigenvalue weighted by Crippen LogP contribution is -2.16. The molecule has 35 heavy (non-hydrogen) atoms. The van der Waals surface area contributed by atoms with Crippen molar-refractivity contribution < 1.29 is 8.83 Å². The van der Waals surface area contributed by atoms with Gasteiger partial charge in [-0.2, -0.15) is 0 Å². The van der Waals surface area contributed by atoms with Crippen LogP contribution in [0.1, 0.15) is 22.6 Å². The molecule has 170 valence electrons. The van der Waals surface area contributed by atoms with Gasteiger partial charge < -0.3 is 8.83 Å². The summed E-state index contributed by atoms with van der Waals surface area (Å²) in [6.07, 6.45) is 0. The smallest absolute Gasteiger partial charge is 0.372 e. The molecule has 0 unspecified atom stereocenters. The van der Waals surface area contributed by atoms with Gasteiger partial charge in [-0.25, -0.2) is 19.2 Å². The summed E-state index contributed by atoms with van der Waals surface area (Å²) in [6, 6.07) is 24.3. The Hall–Kier alpha value is -4.98. The standard InChI is InChI=1S/C27H16N2O6/c30-24-19-12-17(7-9-21(19)28-26(32)34-24)23(16-6-5-14-3-1-2-4-15(14)11-16)18-8-10-22-20(13-18)25(31)35-27(33)29-22/h1-13,23H,(H,28,32)(H,29,33). The number of nitrogens with one attached hydrogen (secondary N) is 2. The molecule has 0 bridgehead atoms. The molecule has 0 fully saturated rings. The van der Waals surface area contributed by atoms with E-state index in [9.17, 15) is 19.2 Å². The number of hydrogen-bond donors (Lipinski definition) is 2. The molecular weight excluding hydrogens is 448 g/mol. The molecule has 8 heteroatoms. The molecule has 0 aliphatic rings. The van der Waals surface area contributed by atoms with Crippen LogP contribution in [0.2, 0.25) is 0 Å². The Morgan fingerprint density at radius 3 is 1.60 bits per heavy atom. The second kappa shape index (κ2) is 7.81. The molecule has 6 aromatic rings. The van der Waals surface area contributed by atoms with Gasteiger partial charge in [0.05, 0.1) is 21.8 Å². The highest BCUT2D eigenvalue weighted by Gasteiger charge is 2.20. The molecule has 0 radical (unpaired) electrons. The van der Waals surface area contributed by atoms with Crippen molar-refractivity contribution in [3.8, 4) is 0 Å². The maximum absolute atomic E-state index is 12.4. The van der Waals surface area contributed by atoms with Gasteiger partial charge in [-0.3, -0.25) is 9.97 Å². The van der Waals surface area contributed by atoms with Crippen molar-refractivity contribution in [1.29, 1.82) is 0 Å². The second-order valence-corrected chi connectivity index (χ2v) is 8.25. The van der Waals surface area contributed by atoms with E-state index in [1.807, 2.05) is 48.5 Å². The van der Waals surface area contributed by atoms with Gasteiger partial charge in [0.2, 0.25) is 0 Å². The Balaban J connectivity index is 1.64. The third kappa shape index (κ3) is 3.57. The van der Waals surface area contributed by atoms with Crippen LogP contribution in [-0.2, 0) is 0 Å². The third-order valence-corrected chi connectivity index (χ3v) is 6.14. The fourth-order valence-electron chi connectivity index (χ4n) is 4.55. The van der Waals surface area contributed by atoms with E-state index in [1.165, 1.54) is 0 Å². The highest BCUT2D eigenvalue weighted by atomic mass is 16.4. The highest BCUT2D eigenvalue weighted by Crippen LogP contribution is 2.35. The van der Waals surface area contributed by atoms with Gasteiger partial charge >= 0.3 is 22.8 Å². The minimum atomic E-state index is -0.823. The molecule has 0 atom stereocenters. The molecule has 0 amide bonds. The summed E-state index contributed by atoms with van der Waals surface area (Å²) in [5, 5.41) is 2.57. The van der Waals surface area contributed by atoms with Crippen LogP contribution in [0.3, 0.4) is 0 Å². The lowest BCUT2D eigenvalue weighted by Gasteiger charge is -2.20. The average Bonchev–Trinajstić information content (AvgIpc) is 2.84. The van der Waals surface area contributed by atoms with Crippen molar-refractivity contribution in [3.63, 3.8) is 0 Å². The van der Waals surface area contributed by atoms with Crippen molar-refractivity contribution >= 4 is 32.6 Å². The average molecular weight is 464 g/mol. The summed E-state index contributed by atoms with van der Waals surface area (Å²) >= 11 is 0. The first kappa shape index (κ1) is 20.6. The Morgan fingerprint density at radius 2 is 1.03 bits per heavy atom. The third-order valence-electron chi connectivity index (χ3n) is 6.14. The zero-order valence-corrected chi connectivity index (χ0v) is 18.0. The summed E-state index contributed by atoms with van der Waals surface area (Å²) < 4.78 is 9.45. The highest BCUT2D eigenvalue weighted by molar-refractivity contribution is 5.84. The molecule has 0 spiro atoms. The maximum atomic E-state index is 12.4. The number of H-pyrrole nitrogens is 2. The van der Waals surface area contributed by atoms with Crippen LogP contribution in [0.4, 0.5) is 0 Å². The Labute approximate surface area is 195 Å². The van der Waals surface area contributed by atoms with Gasteiger partial charge in [0, 0.05) is 5.92 Å². The first-order valence-corrected chi connectivity index (χ1v) is 10.8. The van der Waals surface area contributed by atoms with Gasteiger partial charge in [0.15, 0.2) is 0 Å². The molecule has 2 heterocycles.